The van der Waals surface area contributed by atoms with E-state index < -0.39 is 5.54 Å². The highest BCUT2D eigenvalue weighted by atomic mass is 32.1. The van der Waals surface area contributed by atoms with Crippen molar-refractivity contribution in [2.45, 2.75) is 19.4 Å². The van der Waals surface area contributed by atoms with E-state index in [0.29, 0.717) is 11.7 Å². The second kappa shape index (κ2) is 5.20. The molecule has 0 aliphatic heterocycles. The van der Waals surface area contributed by atoms with Gasteiger partial charge in [0.25, 0.3) is 5.91 Å². The molecule has 0 bridgehead atoms. The average molecular weight is 229 g/mol. The number of aromatic nitrogens is 1. The van der Waals surface area contributed by atoms with Crippen LogP contribution >= 0.6 is 11.3 Å². The van der Waals surface area contributed by atoms with Gasteiger partial charge in [0.05, 0.1) is 6.61 Å². The number of anilines is 1. The minimum Gasteiger partial charge on any atom is -0.370 e. The smallest absolute Gasteiger partial charge is 0.252 e. The highest BCUT2D eigenvalue weighted by Gasteiger charge is 2.12. The Bertz CT molecular complexity index is 306. The van der Waals surface area contributed by atoms with Crippen LogP contribution in [-0.4, -0.2) is 29.6 Å². The number of hydrogen-bond donors (Lipinski definition) is 2. The molecule has 1 aromatic rings. The van der Waals surface area contributed by atoms with Gasteiger partial charge in [-0.2, -0.15) is 0 Å². The van der Waals surface area contributed by atoms with Crippen molar-refractivity contribution in [1.29, 1.82) is 0 Å². The molecule has 0 saturated heterocycles. The molecule has 5 nitrogen and oxygen atoms in total. The average Bonchev–Trinajstić information content (AvgIpc) is 2.54. The summed E-state index contributed by atoms with van der Waals surface area (Å²) in [6, 6.07) is 0. The van der Waals surface area contributed by atoms with E-state index in [1.54, 1.807) is 11.6 Å². The number of rotatable bonds is 5. The van der Waals surface area contributed by atoms with Crippen molar-refractivity contribution >= 4 is 22.4 Å². The molecular formula is C9H15N3O2S. The van der Waals surface area contributed by atoms with E-state index in [0.717, 1.165) is 0 Å². The van der Waals surface area contributed by atoms with E-state index >= 15 is 0 Å². The third kappa shape index (κ3) is 5.46. The van der Waals surface area contributed by atoms with E-state index in [4.69, 9.17) is 10.5 Å². The van der Waals surface area contributed by atoms with Crippen LogP contribution in [0, 0.1) is 0 Å². The van der Waals surface area contributed by atoms with Crippen LogP contribution in [-0.2, 0) is 9.53 Å². The number of hydrogen-bond acceptors (Lipinski definition) is 5. The number of amides is 1. The summed E-state index contributed by atoms with van der Waals surface area (Å²) < 4.78 is 5.15. The predicted octanol–water partition coefficient (Wildman–Crippen LogP) is 0.835. The Balaban J connectivity index is 2.20. The number of ether oxygens (including phenoxy) is 1. The molecule has 0 aliphatic rings. The lowest BCUT2D eigenvalue weighted by Crippen LogP contribution is -2.38. The second-order valence-corrected chi connectivity index (χ2v) is 4.76. The van der Waals surface area contributed by atoms with Gasteiger partial charge in [-0.15, -0.1) is 11.3 Å². The molecule has 3 N–H and O–H groups in total. The molecule has 84 valence electrons. The fourth-order valence-corrected chi connectivity index (χ4v) is 1.39. The van der Waals surface area contributed by atoms with Crippen LogP contribution in [0.25, 0.3) is 0 Å². The molecule has 6 heteroatoms. The highest BCUT2D eigenvalue weighted by Crippen LogP contribution is 2.09. The Morgan fingerprint density at radius 3 is 3.00 bits per heavy atom. The summed E-state index contributed by atoms with van der Waals surface area (Å²) >= 11 is 1.37. The first-order valence-electron chi connectivity index (χ1n) is 4.53. The summed E-state index contributed by atoms with van der Waals surface area (Å²) in [5.41, 5.74) is 5.28. The molecule has 0 aromatic carbocycles. The molecule has 0 spiro atoms. The van der Waals surface area contributed by atoms with Crippen molar-refractivity contribution in [2.75, 3.05) is 18.5 Å². The molecule has 1 heterocycles. The Morgan fingerprint density at radius 1 is 1.73 bits per heavy atom. The summed E-state index contributed by atoms with van der Waals surface area (Å²) in [7, 11) is 0. The molecule has 15 heavy (non-hydrogen) atoms. The van der Waals surface area contributed by atoms with Gasteiger partial charge < -0.3 is 10.5 Å². The standard InChI is InChI=1S/C9H15N3O2S/c1-9(2,10)6-14-5-7(13)12-8-11-3-4-15-8/h3-4H,5-6,10H2,1-2H3,(H,11,12,13). The SMILES string of the molecule is CC(C)(N)COCC(=O)Nc1nccs1. The topological polar surface area (TPSA) is 77.2 Å². The molecule has 1 amide bonds. The number of nitrogens with zero attached hydrogens (tertiary/aromatic N) is 1. The Labute approximate surface area is 92.6 Å². The Kier molecular flexibility index (Phi) is 4.19. The second-order valence-electron chi connectivity index (χ2n) is 3.87. The summed E-state index contributed by atoms with van der Waals surface area (Å²) in [4.78, 5) is 15.2. The van der Waals surface area contributed by atoms with Gasteiger partial charge in [-0.1, -0.05) is 0 Å². The van der Waals surface area contributed by atoms with Gasteiger partial charge >= 0.3 is 0 Å². The van der Waals surface area contributed by atoms with Gasteiger partial charge in [-0.25, -0.2) is 4.98 Å². The molecular weight excluding hydrogens is 214 g/mol. The minimum absolute atomic E-state index is 0.000208. The Hall–Kier alpha value is -0.980. The van der Waals surface area contributed by atoms with Crippen LogP contribution in [0.5, 0.6) is 0 Å². The van der Waals surface area contributed by atoms with E-state index in [1.165, 1.54) is 11.3 Å². The third-order valence-corrected chi connectivity index (χ3v) is 2.07. The number of thiazole rings is 1. The fourth-order valence-electron chi connectivity index (χ4n) is 0.847. The molecule has 0 radical (unpaired) electrons. The van der Waals surface area contributed by atoms with Crippen LogP contribution in [0.3, 0.4) is 0 Å². The zero-order valence-electron chi connectivity index (χ0n) is 8.82. The van der Waals surface area contributed by atoms with Gasteiger partial charge in [0.15, 0.2) is 5.13 Å². The molecule has 0 aliphatic carbocycles. The van der Waals surface area contributed by atoms with Gasteiger partial charge in [0.2, 0.25) is 0 Å². The summed E-state index contributed by atoms with van der Waals surface area (Å²) in [6.07, 6.45) is 1.63. The predicted molar refractivity (Wildman–Crippen MR) is 59.8 cm³/mol. The number of carbonyl (C=O) groups excluding carboxylic acids is 1. The summed E-state index contributed by atoms with van der Waals surface area (Å²) in [5.74, 6) is -0.214. The first kappa shape index (κ1) is 12.1. The van der Waals surface area contributed by atoms with Crippen LogP contribution in [0.4, 0.5) is 5.13 Å². The van der Waals surface area contributed by atoms with Gasteiger partial charge in [0, 0.05) is 17.1 Å². The number of carbonyl (C=O) groups is 1. The number of nitrogens with two attached hydrogens (primary N) is 1. The molecule has 0 saturated carbocycles. The van der Waals surface area contributed by atoms with Crippen molar-refractivity contribution in [3.63, 3.8) is 0 Å². The quantitative estimate of drug-likeness (QED) is 0.784. The zero-order chi connectivity index (χ0) is 11.3. The molecule has 0 fully saturated rings. The maximum absolute atomic E-state index is 11.3. The van der Waals surface area contributed by atoms with Crippen LogP contribution < -0.4 is 11.1 Å². The monoisotopic (exact) mass is 229 g/mol. The van der Waals surface area contributed by atoms with Crippen LogP contribution in [0.2, 0.25) is 0 Å². The zero-order valence-corrected chi connectivity index (χ0v) is 9.63. The lowest BCUT2D eigenvalue weighted by molar-refractivity contribution is -0.121. The number of nitrogens with one attached hydrogen (secondary N) is 1. The highest BCUT2D eigenvalue weighted by molar-refractivity contribution is 7.13. The van der Waals surface area contributed by atoms with E-state index in [1.807, 2.05) is 13.8 Å². The lowest BCUT2D eigenvalue weighted by Gasteiger charge is -2.17. The third-order valence-electron chi connectivity index (χ3n) is 1.39. The molecule has 0 atom stereocenters. The first-order valence-corrected chi connectivity index (χ1v) is 5.41. The Morgan fingerprint density at radius 2 is 2.47 bits per heavy atom. The van der Waals surface area contributed by atoms with Crippen molar-refractivity contribution in [3.8, 4) is 0 Å². The minimum atomic E-state index is -0.415. The van der Waals surface area contributed by atoms with E-state index in [2.05, 4.69) is 10.3 Å². The van der Waals surface area contributed by atoms with Crippen molar-refractivity contribution < 1.29 is 9.53 Å². The largest absolute Gasteiger partial charge is 0.370 e. The van der Waals surface area contributed by atoms with Gasteiger partial charge in [-0.3, -0.25) is 10.1 Å². The van der Waals surface area contributed by atoms with Crippen molar-refractivity contribution in [1.82, 2.24) is 4.98 Å². The normalized spacial score (nSPS) is 11.4. The lowest BCUT2D eigenvalue weighted by atomic mass is 10.1. The van der Waals surface area contributed by atoms with E-state index in [9.17, 15) is 4.79 Å². The summed E-state index contributed by atoms with van der Waals surface area (Å²) in [6.45, 7) is 4.02. The van der Waals surface area contributed by atoms with Gasteiger partial charge in [-0.05, 0) is 13.8 Å². The fraction of sp³-hybridized carbons (Fsp3) is 0.556. The molecule has 1 aromatic heterocycles. The molecule has 1 rings (SSSR count). The first-order chi connectivity index (χ1) is 6.97. The van der Waals surface area contributed by atoms with Crippen LogP contribution in [0.1, 0.15) is 13.8 Å². The van der Waals surface area contributed by atoms with Crippen molar-refractivity contribution in [3.05, 3.63) is 11.6 Å². The maximum atomic E-state index is 11.3. The summed E-state index contributed by atoms with van der Waals surface area (Å²) in [5, 5.41) is 4.98. The maximum Gasteiger partial charge on any atom is 0.252 e. The van der Waals surface area contributed by atoms with Crippen LogP contribution in [0.15, 0.2) is 11.6 Å². The van der Waals surface area contributed by atoms with Crippen molar-refractivity contribution in [2.24, 2.45) is 5.73 Å². The molecule has 0 unspecified atom stereocenters. The van der Waals surface area contributed by atoms with Gasteiger partial charge in [0.1, 0.15) is 6.61 Å². The van der Waals surface area contributed by atoms with E-state index in [-0.39, 0.29) is 12.5 Å².